The molecule has 4 nitrogen and oxygen atoms in total. The van der Waals surface area contributed by atoms with Crippen LogP contribution >= 0.6 is 0 Å². The average Bonchev–Trinajstić information content (AvgIpc) is 2.11. The van der Waals surface area contributed by atoms with Gasteiger partial charge in [-0.3, -0.25) is 4.79 Å². The van der Waals surface area contributed by atoms with Gasteiger partial charge in [-0.25, -0.2) is 8.42 Å². The number of carbonyl (C=O) groups is 1. The minimum atomic E-state index is -4.52. The number of hydrogen-bond donors (Lipinski definition) is 0. The normalized spacial score (nSPS) is 12.8. The van der Waals surface area contributed by atoms with E-state index in [1.165, 1.54) is 0 Å². The third-order valence-corrected chi connectivity index (χ3v) is 3.74. The molecule has 0 spiro atoms. The highest BCUT2D eigenvalue weighted by Gasteiger charge is 2.32. The average molecular weight is 289 g/mol. The van der Waals surface area contributed by atoms with Crippen LogP contribution in [0.3, 0.4) is 0 Å². The smallest absolute Gasteiger partial charge is 0.336 e. The first-order valence-electron chi connectivity index (χ1n) is 5.44. The lowest BCUT2D eigenvalue weighted by Gasteiger charge is -2.18. The van der Waals surface area contributed by atoms with E-state index in [1.807, 2.05) is 13.8 Å². The van der Waals surface area contributed by atoms with Crippen LogP contribution in [0.4, 0.5) is 13.2 Å². The van der Waals surface area contributed by atoms with E-state index in [-0.39, 0.29) is 11.7 Å². The van der Waals surface area contributed by atoms with Gasteiger partial charge in [0.25, 0.3) is 0 Å². The summed E-state index contributed by atoms with van der Waals surface area (Å²) in [7, 11) is -2.70. The Morgan fingerprint density at radius 1 is 1.28 bits per heavy atom. The van der Waals surface area contributed by atoms with E-state index in [0.29, 0.717) is 11.3 Å². The van der Waals surface area contributed by atoms with Gasteiger partial charge in [-0.1, -0.05) is 13.8 Å². The molecular weight excluding hydrogens is 271 g/mol. The van der Waals surface area contributed by atoms with Crippen molar-refractivity contribution in [2.75, 3.05) is 25.1 Å². The van der Waals surface area contributed by atoms with Crippen molar-refractivity contribution in [2.45, 2.75) is 26.4 Å². The van der Waals surface area contributed by atoms with Gasteiger partial charge in [0.1, 0.15) is 12.3 Å². The Balaban J connectivity index is 4.38. The van der Waals surface area contributed by atoms with Gasteiger partial charge in [0.2, 0.25) is 5.91 Å². The molecule has 1 amide bonds. The standard InChI is InChI=1S/C10H18F3NO3S/c1-8(2)4-5-18(16,17)6-9(15)14(3)7-10(11,12)13/h8H,4-7H2,1-3H3. The second-order valence-corrected chi connectivity index (χ2v) is 6.82. The SMILES string of the molecule is CC(C)CCS(=O)(=O)CC(=O)N(C)CC(F)(F)F. The molecule has 8 heteroatoms. The van der Waals surface area contributed by atoms with Crippen LogP contribution in [0.1, 0.15) is 20.3 Å². The van der Waals surface area contributed by atoms with E-state index in [0.717, 1.165) is 7.05 Å². The number of rotatable bonds is 6. The molecule has 0 aromatic carbocycles. The van der Waals surface area contributed by atoms with Gasteiger partial charge in [-0.15, -0.1) is 0 Å². The quantitative estimate of drug-likeness (QED) is 0.744. The van der Waals surface area contributed by atoms with Gasteiger partial charge >= 0.3 is 6.18 Å². The van der Waals surface area contributed by atoms with Crippen molar-refractivity contribution >= 4 is 15.7 Å². The lowest BCUT2D eigenvalue weighted by Crippen LogP contribution is -2.39. The molecule has 0 N–H and O–H groups in total. The van der Waals surface area contributed by atoms with Crippen molar-refractivity contribution in [3.05, 3.63) is 0 Å². The molecule has 0 radical (unpaired) electrons. The van der Waals surface area contributed by atoms with E-state index in [9.17, 15) is 26.4 Å². The van der Waals surface area contributed by atoms with Crippen LogP contribution in [-0.4, -0.2) is 50.5 Å². The number of sulfone groups is 1. The van der Waals surface area contributed by atoms with Crippen LogP contribution in [-0.2, 0) is 14.6 Å². The molecule has 0 saturated carbocycles. The predicted octanol–water partition coefficient (Wildman–Crippen LogP) is 1.47. The zero-order valence-corrected chi connectivity index (χ0v) is 11.4. The van der Waals surface area contributed by atoms with Gasteiger partial charge in [0.15, 0.2) is 9.84 Å². The van der Waals surface area contributed by atoms with Crippen LogP contribution in [0.15, 0.2) is 0 Å². The van der Waals surface area contributed by atoms with E-state index in [4.69, 9.17) is 0 Å². The maximum Gasteiger partial charge on any atom is 0.406 e. The van der Waals surface area contributed by atoms with Gasteiger partial charge in [0.05, 0.1) is 5.75 Å². The molecule has 0 aliphatic rings. The van der Waals surface area contributed by atoms with Crippen molar-refractivity contribution in [1.82, 2.24) is 4.90 Å². The maximum absolute atomic E-state index is 12.0. The largest absolute Gasteiger partial charge is 0.406 e. The van der Waals surface area contributed by atoms with Crippen molar-refractivity contribution in [3.63, 3.8) is 0 Å². The first-order valence-corrected chi connectivity index (χ1v) is 7.26. The van der Waals surface area contributed by atoms with E-state index >= 15 is 0 Å². The minimum Gasteiger partial charge on any atom is -0.336 e. The molecule has 0 unspecified atom stereocenters. The summed E-state index contributed by atoms with van der Waals surface area (Å²) in [5.74, 6) is -1.93. The van der Waals surface area contributed by atoms with Crippen molar-refractivity contribution in [3.8, 4) is 0 Å². The molecule has 0 aromatic heterocycles. The number of halogens is 3. The Morgan fingerprint density at radius 2 is 1.78 bits per heavy atom. The number of alkyl halides is 3. The molecule has 0 bridgehead atoms. The van der Waals surface area contributed by atoms with Crippen molar-refractivity contribution < 1.29 is 26.4 Å². The predicted molar refractivity (Wildman–Crippen MR) is 61.8 cm³/mol. The van der Waals surface area contributed by atoms with Crippen LogP contribution in [0.2, 0.25) is 0 Å². The Labute approximate surface area is 105 Å². The van der Waals surface area contributed by atoms with Crippen molar-refractivity contribution in [2.24, 2.45) is 5.92 Å². The molecule has 0 fully saturated rings. The maximum atomic E-state index is 12.0. The summed E-state index contributed by atoms with van der Waals surface area (Å²) in [6, 6.07) is 0. The molecule has 0 aliphatic heterocycles. The lowest BCUT2D eigenvalue weighted by molar-refractivity contribution is -0.156. The fourth-order valence-electron chi connectivity index (χ4n) is 1.14. The number of amides is 1. The molecular formula is C10H18F3NO3S. The summed E-state index contributed by atoms with van der Waals surface area (Å²) in [5, 5.41) is 0. The summed E-state index contributed by atoms with van der Waals surface area (Å²) in [6.07, 6.45) is -4.13. The van der Waals surface area contributed by atoms with Crippen LogP contribution in [0.25, 0.3) is 0 Å². The van der Waals surface area contributed by atoms with Gasteiger partial charge in [-0.2, -0.15) is 13.2 Å². The summed E-state index contributed by atoms with van der Waals surface area (Å²) in [6.45, 7) is 2.21. The van der Waals surface area contributed by atoms with Gasteiger partial charge < -0.3 is 4.90 Å². The zero-order valence-electron chi connectivity index (χ0n) is 10.6. The third-order valence-electron chi connectivity index (χ3n) is 2.19. The highest BCUT2D eigenvalue weighted by Crippen LogP contribution is 2.15. The summed E-state index contributed by atoms with van der Waals surface area (Å²) in [5.41, 5.74) is 0. The highest BCUT2D eigenvalue weighted by atomic mass is 32.2. The van der Waals surface area contributed by atoms with E-state index < -0.39 is 34.2 Å². The molecule has 18 heavy (non-hydrogen) atoms. The molecule has 0 aliphatic carbocycles. The Bertz CT molecular complexity index is 376. The number of carbonyl (C=O) groups excluding carboxylic acids is 1. The van der Waals surface area contributed by atoms with Crippen LogP contribution in [0, 0.1) is 5.92 Å². The Morgan fingerprint density at radius 3 is 2.17 bits per heavy atom. The summed E-state index contributed by atoms with van der Waals surface area (Å²) >= 11 is 0. The molecule has 108 valence electrons. The third kappa shape index (κ3) is 8.32. The monoisotopic (exact) mass is 289 g/mol. The van der Waals surface area contributed by atoms with Gasteiger partial charge in [0, 0.05) is 7.05 Å². The number of hydrogen-bond acceptors (Lipinski definition) is 3. The molecule has 0 rings (SSSR count). The minimum absolute atomic E-state index is 0.155. The molecule has 0 aromatic rings. The second kappa shape index (κ2) is 6.40. The first-order chi connectivity index (χ1) is 7.93. The molecule has 0 heterocycles. The second-order valence-electron chi connectivity index (χ2n) is 4.64. The fourth-order valence-corrected chi connectivity index (χ4v) is 2.71. The Hall–Kier alpha value is -0.790. The fraction of sp³-hybridized carbons (Fsp3) is 0.900. The Kier molecular flexibility index (Phi) is 6.12. The van der Waals surface area contributed by atoms with Crippen molar-refractivity contribution in [1.29, 1.82) is 0 Å². The highest BCUT2D eigenvalue weighted by molar-refractivity contribution is 7.92. The summed E-state index contributed by atoms with van der Waals surface area (Å²) < 4.78 is 59.0. The van der Waals surface area contributed by atoms with E-state index in [1.54, 1.807) is 0 Å². The zero-order chi connectivity index (χ0) is 14.6. The summed E-state index contributed by atoms with van der Waals surface area (Å²) in [4.78, 5) is 11.7. The number of nitrogens with zero attached hydrogens (tertiary/aromatic N) is 1. The first kappa shape index (κ1) is 17.2. The lowest BCUT2D eigenvalue weighted by atomic mass is 10.2. The van der Waals surface area contributed by atoms with Crippen LogP contribution in [0.5, 0.6) is 0 Å². The van der Waals surface area contributed by atoms with Gasteiger partial charge in [-0.05, 0) is 12.3 Å². The topological polar surface area (TPSA) is 54.5 Å². The molecule has 0 atom stereocenters. The molecule has 0 saturated heterocycles. The van der Waals surface area contributed by atoms with Crippen LogP contribution < -0.4 is 0 Å². The van der Waals surface area contributed by atoms with E-state index in [2.05, 4.69) is 0 Å².